The molecule has 1 saturated heterocycles. The number of hydrogen-bond acceptors (Lipinski definition) is 3. The largest absolute Gasteiger partial charge is 0.327 e. The van der Waals surface area contributed by atoms with Gasteiger partial charge in [0.1, 0.15) is 5.82 Å². The Morgan fingerprint density at radius 1 is 1.42 bits per heavy atom. The molecule has 2 aromatic rings. The van der Waals surface area contributed by atoms with Gasteiger partial charge in [-0.05, 0) is 25.5 Å². The third-order valence-corrected chi connectivity index (χ3v) is 5.17. The minimum absolute atomic E-state index is 0.690. The molecule has 102 valence electrons. The summed E-state index contributed by atoms with van der Waals surface area (Å²) in [7, 11) is 0. The van der Waals surface area contributed by atoms with Gasteiger partial charge in [0.05, 0.1) is 11.0 Å². The smallest absolute Gasteiger partial charge is 0.106 e. The first-order chi connectivity index (χ1) is 9.24. The molecule has 0 bridgehead atoms. The molecule has 4 heteroatoms. The van der Waals surface area contributed by atoms with Crippen LogP contribution in [0.5, 0.6) is 0 Å². The van der Waals surface area contributed by atoms with Crippen molar-refractivity contribution in [3.05, 3.63) is 30.1 Å². The van der Waals surface area contributed by atoms with Gasteiger partial charge in [0.2, 0.25) is 0 Å². The normalized spacial score (nSPS) is 23.3. The number of aryl methyl sites for hydroxylation is 1. The van der Waals surface area contributed by atoms with E-state index in [1.54, 1.807) is 0 Å². The van der Waals surface area contributed by atoms with Gasteiger partial charge in [0.25, 0.3) is 0 Å². The molecule has 3 rings (SSSR count). The van der Waals surface area contributed by atoms with Crippen molar-refractivity contribution >= 4 is 22.8 Å². The molecular formula is C15H21N3S. The van der Waals surface area contributed by atoms with Crippen LogP contribution in [0.25, 0.3) is 11.0 Å². The molecule has 19 heavy (non-hydrogen) atoms. The number of rotatable bonds is 4. The first-order valence-corrected chi connectivity index (χ1v) is 8.06. The van der Waals surface area contributed by atoms with Crippen LogP contribution < -0.4 is 5.32 Å². The molecule has 1 aromatic heterocycles. The molecule has 1 aliphatic rings. The standard InChI is InChI=1S/C15H21N3S/c1-11-9-13(10-19-11)16-7-8-18-12(2)17-14-5-3-4-6-15(14)18/h3-6,11,13,16H,7-10H2,1-2H3. The van der Waals surface area contributed by atoms with Gasteiger partial charge in [-0.3, -0.25) is 0 Å². The van der Waals surface area contributed by atoms with Gasteiger partial charge in [-0.25, -0.2) is 4.98 Å². The lowest BCUT2D eigenvalue weighted by Crippen LogP contribution is -2.32. The quantitative estimate of drug-likeness (QED) is 0.930. The van der Waals surface area contributed by atoms with Gasteiger partial charge in [0, 0.05) is 30.1 Å². The number of nitrogens with one attached hydrogen (secondary N) is 1. The summed E-state index contributed by atoms with van der Waals surface area (Å²) in [6.07, 6.45) is 1.30. The van der Waals surface area contributed by atoms with Gasteiger partial charge >= 0.3 is 0 Å². The lowest BCUT2D eigenvalue weighted by molar-refractivity contribution is 0.509. The second-order valence-electron chi connectivity index (χ2n) is 5.33. The lowest BCUT2D eigenvalue weighted by atomic mass is 10.2. The fraction of sp³-hybridized carbons (Fsp3) is 0.533. The minimum atomic E-state index is 0.690. The van der Waals surface area contributed by atoms with Crippen LogP contribution in [-0.4, -0.2) is 33.1 Å². The molecule has 0 saturated carbocycles. The van der Waals surface area contributed by atoms with E-state index in [-0.39, 0.29) is 0 Å². The van der Waals surface area contributed by atoms with E-state index in [1.807, 2.05) is 0 Å². The van der Waals surface area contributed by atoms with E-state index in [4.69, 9.17) is 0 Å². The summed E-state index contributed by atoms with van der Waals surface area (Å²) in [5, 5.41) is 4.49. The Hall–Kier alpha value is -1.00. The predicted molar refractivity (Wildman–Crippen MR) is 82.8 cm³/mol. The number of nitrogens with zero attached hydrogens (tertiary/aromatic N) is 2. The molecule has 1 N–H and O–H groups in total. The second-order valence-corrected chi connectivity index (χ2v) is 6.80. The van der Waals surface area contributed by atoms with E-state index >= 15 is 0 Å². The zero-order valence-electron chi connectivity index (χ0n) is 11.6. The molecule has 1 aliphatic heterocycles. The average molecular weight is 275 g/mol. The van der Waals surface area contributed by atoms with E-state index in [1.165, 1.54) is 17.7 Å². The minimum Gasteiger partial charge on any atom is -0.327 e. The Kier molecular flexibility index (Phi) is 3.80. The summed E-state index contributed by atoms with van der Waals surface area (Å²) in [6, 6.07) is 9.07. The number of thioether (sulfide) groups is 1. The summed E-state index contributed by atoms with van der Waals surface area (Å²) >= 11 is 2.08. The van der Waals surface area contributed by atoms with Crippen molar-refractivity contribution in [3.8, 4) is 0 Å². The Bertz CT molecular complexity index is 564. The molecule has 2 heterocycles. The van der Waals surface area contributed by atoms with Gasteiger partial charge in [-0.2, -0.15) is 11.8 Å². The fourth-order valence-corrected chi connectivity index (χ4v) is 4.00. The van der Waals surface area contributed by atoms with Crippen molar-refractivity contribution in [2.75, 3.05) is 12.3 Å². The monoisotopic (exact) mass is 275 g/mol. The molecule has 0 aliphatic carbocycles. The van der Waals surface area contributed by atoms with E-state index in [0.717, 1.165) is 29.7 Å². The van der Waals surface area contributed by atoms with Crippen molar-refractivity contribution in [1.29, 1.82) is 0 Å². The molecule has 0 spiro atoms. The molecule has 2 atom stereocenters. The van der Waals surface area contributed by atoms with Crippen molar-refractivity contribution in [2.45, 2.75) is 38.1 Å². The number of aromatic nitrogens is 2. The molecular weight excluding hydrogens is 254 g/mol. The number of hydrogen-bond donors (Lipinski definition) is 1. The number of para-hydroxylation sites is 2. The van der Waals surface area contributed by atoms with Crippen LogP contribution in [0.1, 0.15) is 19.2 Å². The molecule has 3 nitrogen and oxygen atoms in total. The van der Waals surface area contributed by atoms with Crippen LogP contribution in [0.3, 0.4) is 0 Å². The Labute approximate surface area is 118 Å². The second kappa shape index (κ2) is 5.55. The van der Waals surface area contributed by atoms with E-state index in [9.17, 15) is 0 Å². The molecule has 1 aromatic carbocycles. The van der Waals surface area contributed by atoms with E-state index in [2.05, 4.69) is 64.7 Å². The van der Waals surface area contributed by atoms with Crippen molar-refractivity contribution in [3.63, 3.8) is 0 Å². The van der Waals surface area contributed by atoms with Crippen LogP contribution in [-0.2, 0) is 6.54 Å². The maximum atomic E-state index is 4.61. The van der Waals surface area contributed by atoms with Crippen LogP contribution >= 0.6 is 11.8 Å². The maximum Gasteiger partial charge on any atom is 0.106 e. The summed E-state index contributed by atoms with van der Waals surface area (Å²) in [6.45, 7) is 6.44. The Morgan fingerprint density at radius 2 is 2.26 bits per heavy atom. The van der Waals surface area contributed by atoms with Crippen LogP contribution in [0.2, 0.25) is 0 Å². The highest BCUT2D eigenvalue weighted by molar-refractivity contribution is 8.00. The highest BCUT2D eigenvalue weighted by Crippen LogP contribution is 2.25. The van der Waals surface area contributed by atoms with Gasteiger partial charge in [-0.15, -0.1) is 0 Å². The Balaban J connectivity index is 1.63. The van der Waals surface area contributed by atoms with E-state index < -0.39 is 0 Å². The predicted octanol–water partition coefficient (Wildman–Crippen LogP) is 2.83. The first kappa shape index (κ1) is 13.0. The number of benzene rings is 1. The molecule has 0 amide bonds. The first-order valence-electron chi connectivity index (χ1n) is 7.01. The zero-order chi connectivity index (χ0) is 13.2. The topological polar surface area (TPSA) is 29.9 Å². The average Bonchev–Trinajstić information content (AvgIpc) is 2.94. The number of imidazole rings is 1. The third-order valence-electron chi connectivity index (χ3n) is 3.81. The molecule has 1 fully saturated rings. The molecule has 2 unspecified atom stereocenters. The zero-order valence-corrected chi connectivity index (χ0v) is 12.4. The van der Waals surface area contributed by atoms with Crippen molar-refractivity contribution in [2.24, 2.45) is 0 Å². The van der Waals surface area contributed by atoms with Crippen molar-refractivity contribution in [1.82, 2.24) is 14.9 Å². The highest BCUT2D eigenvalue weighted by atomic mass is 32.2. The van der Waals surface area contributed by atoms with Gasteiger partial charge < -0.3 is 9.88 Å². The van der Waals surface area contributed by atoms with Gasteiger partial charge in [-0.1, -0.05) is 19.1 Å². The van der Waals surface area contributed by atoms with Crippen LogP contribution in [0, 0.1) is 6.92 Å². The summed E-state index contributed by atoms with van der Waals surface area (Å²) in [4.78, 5) is 4.61. The summed E-state index contributed by atoms with van der Waals surface area (Å²) in [5.41, 5.74) is 2.35. The lowest BCUT2D eigenvalue weighted by Gasteiger charge is -2.13. The van der Waals surface area contributed by atoms with E-state index in [0.29, 0.717) is 6.04 Å². The van der Waals surface area contributed by atoms with Gasteiger partial charge in [0.15, 0.2) is 0 Å². The summed E-state index contributed by atoms with van der Waals surface area (Å²) < 4.78 is 2.31. The van der Waals surface area contributed by atoms with Crippen LogP contribution in [0.15, 0.2) is 24.3 Å². The van der Waals surface area contributed by atoms with Crippen LogP contribution in [0.4, 0.5) is 0 Å². The number of fused-ring (bicyclic) bond motifs is 1. The fourth-order valence-electron chi connectivity index (χ4n) is 2.82. The SMILES string of the molecule is Cc1nc2ccccc2n1CCNC1CSC(C)C1. The highest BCUT2D eigenvalue weighted by Gasteiger charge is 2.20. The van der Waals surface area contributed by atoms with Crippen molar-refractivity contribution < 1.29 is 0 Å². The summed E-state index contributed by atoms with van der Waals surface area (Å²) in [5.74, 6) is 2.36. The Morgan fingerprint density at radius 3 is 3.05 bits per heavy atom. The molecule has 0 radical (unpaired) electrons. The third kappa shape index (κ3) is 2.79. The maximum absolute atomic E-state index is 4.61.